The first kappa shape index (κ1) is 14.1. The third-order valence-corrected chi connectivity index (χ3v) is 5.72. The van der Waals surface area contributed by atoms with Crippen LogP contribution in [0.25, 0.3) is 11.0 Å². The molecule has 1 aromatic carbocycles. The van der Waals surface area contributed by atoms with Crippen molar-refractivity contribution in [3.8, 4) is 0 Å². The maximum Gasteiger partial charge on any atom is 0.229 e. The van der Waals surface area contributed by atoms with E-state index in [1.165, 1.54) is 0 Å². The second-order valence-electron chi connectivity index (χ2n) is 5.73. The third kappa shape index (κ3) is 2.50. The molecule has 2 saturated heterocycles. The number of benzene rings is 1. The number of nitrogens with zero attached hydrogens (tertiary/aromatic N) is 2. The van der Waals surface area contributed by atoms with Crippen molar-refractivity contribution in [2.24, 2.45) is 0 Å². The van der Waals surface area contributed by atoms with Gasteiger partial charge in [0, 0.05) is 35.6 Å². The number of rotatable bonds is 2. The first-order valence-corrected chi connectivity index (χ1v) is 8.70. The summed E-state index contributed by atoms with van der Waals surface area (Å²) in [5, 5.41) is 5.43. The highest BCUT2D eigenvalue weighted by molar-refractivity contribution is 8.00. The number of hydrogen-bond donors (Lipinski definition) is 0. The van der Waals surface area contributed by atoms with Gasteiger partial charge in [-0.05, 0) is 18.6 Å². The fourth-order valence-corrected chi connectivity index (χ4v) is 4.61. The number of carbonyl (C=O) groups excluding carboxylic acids is 1. The number of para-hydroxylation sites is 1. The van der Waals surface area contributed by atoms with Crippen molar-refractivity contribution in [2.75, 3.05) is 25.5 Å². The van der Waals surface area contributed by atoms with Crippen LogP contribution in [-0.2, 0) is 16.0 Å². The SMILES string of the molecule is O=C(Cc1noc2ccccc12)N1CCS[C@H]2COCC[C@@H]21. The molecular formula is C16H18N2O3S. The van der Waals surface area contributed by atoms with Crippen molar-refractivity contribution < 1.29 is 14.1 Å². The molecule has 1 amide bonds. The molecule has 0 radical (unpaired) electrons. The standard InChI is InChI=1S/C16H18N2O3S/c19-16(9-12-11-3-1-2-4-14(11)21-17-12)18-6-8-22-15-10-20-7-5-13(15)18/h1-4,13,15H,5-10H2/t13-,15-/m0/s1. The molecule has 0 aliphatic carbocycles. The van der Waals surface area contributed by atoms with E-state index in [2.05, 4.69) is 5.16 Å². The lowest BCUT2D eigenvalue weighted by molar-refractivity contribution is -0.134. The van der Waals surface area contributed by atoms with Gasteiger partial charge in [0.05, 0.1) is 13.0 Å². The summed E-state index contributed by atoms with van der Waals surface area (Å²) >= 11 is 1.93. The topological polar surface area (TPSA) is 55.6 Å². The third-order valence-electron chi connectivity index (χ3n) is 4.42. The van der Waals surface area contributed by atoms with Crippen molar-refractivity contribution in [1.82, 2.24) is 10.1 Å². The van der Waals surface area contributed by atoms with Gasteiger partial charge in [-0.25, -0.2) is 0 Å². The number of aromatic nitrogens is 1. The normalized spacial score (nSPS) is 25.2. The van der Waals surface area contributed by atoms with E-state index in [0.717, 1.165) is 48.6 Å². The minimum absolute atomic E-state index is 0.149. The summed E-state index contributed by atoms with van der Waals surface area (Å²) in [6, 6.07) is 7.99. The molecule has 0 saturated carbocycles. The zero-order valence-electron chi connectivity index (χ0n) is 12.2. The molecule has 1 aromatic heterocycles. The summed E-state index contributed by atoms with van der Waals surface area (Å²) in [4.78, 5) is 14.8. The van der Waals surface area contributed by atoms with E-state index in [1.807, 2.05) is 40.9 Å². The lowest BCUT2D eigenvalue weighted by Gasteiger charge is -2.43. The second-order valence-corrected chi connectivity index (χ2v) is 7.08. The van der Waals surface area contributed by atoms with Gasteiger partial charge < -0.3 is 14.2 Å². The van der Waals surface area contributed by atoms with Crippen LogP contribution >= 0.6 is 11.8 Å². The molecule has 0 N–H and O–H groups in total. The van der Waals surface area contributed by atoms with Gasteiger partial charge in [-0.1, -0.05) is 17.3 Å². The fraction of sp³-hybridized carbons (Fsp3) is 0.500. The molecule has 3 heterocycles. The molecule has 22 heavy (non-hydrogen) atoms. The zero-order valence-corrected chi connectivity index (χ0v) is 13.1. The van der Waals surface area contributed by atoms with E-state index in [9.17, 15) is 4.79 Å². The highest BCUT2D eigenvalue weighted by Gasteiger charge is 2.37. The molecule has 4 rings (SSSR count). The smallest absolute Gasteiger partial charge is 0.229 e. The summed E-state index contributed by atoms with van der Waals surface area (Å²) in [5.41, 5.74) is 1.48. The van der Waals surface area contributed by atoms with E-state index in [0.29, 0.717) is 17.7 Å². The van der Waals surface area contributed by atoms with E-state index in [1.54, 1.807) is 0 Å². The van der Waals surface area contributed by atoms with Crippen molar-refractivity contribution >= 4 is 28.6 Å². The van der Waals surface area contributed by atoms with Crippen LogP contribution in [0.5, 0.6) is 0 Å². The minimum atomic E-state index is 0.149. The fourth-order valence-electron chi connectivity index (χ4n) is 3.30. The molecule has 2 aliphatic rings. The zero-order chi connectivity index (χ0) is 14.9. The van der Waals surface area contributed by atoms with Crippen molar-refractivity contribution in [2.45, 2.75) is 24.1 Å². The molecule has 2 atom stereocenters. The van der Waals surface area contributed by atoms with Crippen LogP contribution in [0, 0.1) is 0 Å². The van der Waals surface area contributed by atoms with E-state index in [-0.39, 0.29) is 5.91 Å². The summed E-state index contributed by atoms with van der Waals surface area (Å²) < 4.78 is 10.8. The summed E-state index contributed by atoms with van der Waals surface area (Å²) in [6.07, 6.45) is 1.24. The Kier molecular flexibility index (Phi) is 3.80. The molecule has 0 spiro atoms. The van der Waals surface area contributed by atoms with Gasteiger partial charge in [0.25, 0.3) is 0 Å². The Hall–Kier alpha value is -1.53. The highest BCUT2D eigenvalue weighted by Crippen LogP contribution is 2.31. The van der Waals surface area contributed by atoms with Crippen LogP contribution in [0.15, 0.2) is 28.8 Å². The Morgan fingerprint density at radius 3 is 3.27 bits per heavy atom. The molecule has 116 valence electrons. The summed E-state index contributed by atoms with van der Waals surface area (Å²) in [5.74, 6) is 1.13. The van der Waals surface area contributed by atoms with Crippen LogP contribution in [-0.4, -0.2) is 52.8 Å². The van der Waals surface area contributed by atoms with Gasteiger partial charge in [-0.2, -0.15) is 11.8 Å². The van der Waals surface area contributed by atoms with E-state index >= 15 is 0 Å². The molecule has 5 nitrogen and oxygen atoms in total. The number of fused-ring (bicyclic) bond motifs is 2. The van der Waals surface area contributed by atoms with Crippen LogP contribution in [0.3, 0.4) is 0 Å². The number of amides is 1. The van der Waals surface area contributed by atoms with Crippen LogP contribution < -0.4 is 0 Å². The Labute approximate surface area is 133 Å². The monoisotopic (exact) mass is 318 g/mol. The van der Waals surface area contributed by atoms with Crippen molar-refractivity contribution in [1.29, 1.82) is 0 Å². The second kappa shape index (κ2) is 5.93. The molecule has 6 heteroatoms. The number of hydrogen-bond acceptors (Lipinski definition) is 5. The molecule has 0 unspecified atom stereocenters. The average Bonchev–Trinajstić information content (AvgIpc) is 2.97. The largest absolute Gasteiger partial charge is 0.380 e. The van der Waals surface area contributed by atoms with Gasteiger partial charge in [0.15, 0.2) is 5.58 Å². The Morgan fingerprint density at radius 2 is 2.32 bits per heavy atom. The molecule has 2 fully saturated rings. The van der Waals surface area contributed by atoms with Crippen LogP contribution in [0.1, 0.15) is 12.1 Å². The van der Waals surface area contributed by atoms with Crippen molar-refractivity contribution in [3.63, 3.8) is 0 Å². The maximum atomic E-state index is 12.8. The predicted molar refractivity (Wildman–Crippen MR) is 84.9 cm³/mol. The quantitative estimate of drug-likeness (QED) is 0.849. The highest BCUT2D eigenvalue weighted by atomic mass is 32.2. The molecule has 2 aliphatic heterocycles. The van der Waals surface area contributed by atoms with Crippen molar-refractivity contribution in [3.05, 3.63) is 30.0 Å². The minimum Gasteiger partial charge on any atom is -0.380 e. The number of thioether (sulfide) groups is 1. The Balaban J connectivity index is 1.53. The number of carbonyl (C=O) groups is 1. The van der Waals surface area contributed by atoms with Crippen LogP contribution in [0.4, 0.5) is 0 Å². The van der Waals surface area contributed by atoms with E-state index in [4.69, 9.17) is 9.26 Å². The molecule has 0 bridgehead atoms. The van der Waals surface area contributed by atoms with Gasteiger partial charge in [-0.3, -0.25) is 4.79 Å². The first-order valence-electron chi connectivity index (χ1n) is 7.65. The Bertz CT molecular complexity index is 685. The Morgan fingerprint density at radius 1 is 1.41 bits per heavy atom. The predicted octanol–water partition coefficient (Wildman–Crippen LogP) is 2.10. The van der Waals surface area contributed by atoms with Gasteiger partial charge >= 0.3 is 0 Å². The maximum absolute atomic E-state index is 12.8. The summed E-state index contributed by atoms with van der Waals surface area (Å²) in [6.45, 7) is 2.32. The van der Waals surface area contributed by atoms with Gasteiger partial charge in [0.1, 0.15) is 5.69 Å². The summed E-state index contributed by atoms with van der Waals surface area (Å²) in [7, 11) is 0. The van der Waals surface area contributed by atoms with Crippen LogP contribution in [0.2, 0.25) is 0 Å². The molecule has 2 aromatic rings. The van der Waals surface area contributed by atoms with E-state index < -0.39 is 0 Å². The molecular weight excluding hydrogens is 300 g/mol. The number of ether oxygens (including phenoxy) is 1. The average molecular weight is 318 g/mol. The lowest BCUT2D eigenvalue weighted by Crippen LogP contribution is -2.54. The van der Waals surface area contributed by atoms with Gasteiger partial charge in [0.2, 0.25) is 5.91 Å². The van der Waals surface area contributed by atoms with Gasteiger partial charge in [-0.15, -0.1) is 0 Å². The lowest BCUT2D eigenvalue weighted by atomic mass is 10.0. The first-order chi connectivity index (χ1) is 10.8.